The Balaban J connectivity index is 2.56. The minimum absolute atomic E-state index is 0.0231. The van der Waals surface area contributed by atoms with Crippen molar-refractivity contribution >= 4 is 38.9 Å². The van der Waals surface area contributed by atoms with Crippen LogP contribution in [0.5, 0.6) is 0 Å². The molecule has 0 radical (unpaired) electrons. The molecule has 6 heteroatoms. The van der Waals surface area contributed by atoms with E-state index in [0.717, 1.165) is 0 Å². The third-order valence-corrected chi connectivity index (χ3v) is 4.41. The molecule has 1 heterocycles. The lowest BCUT2D eigenvalue weighted by Gasteiger charge is -2.17. The predicted molar refractivity (Wildman–Crippen MR) is 74.3 cm³/mol. The van der Waals surface area contributed by atoms with Crippen molar-refractivity contribution in [1.82, 2.24) is 5.32 Å². The Kier molecular flexibility index (Phi) is 4.37. The first kappa shape index (κ1) is 13.9. The molecule has 1 unspecified atom stereocenters. The summed E-state index contributed by atoms with van der Waals surface area (Å²) in [5.74, 6) is -1.21. The Hall–Kier alpha value is -0.490. The molecular formula is C12H9BrClF2NS. The van der Waals surface area contributed by atoms with E-state index in [1.54, 1.807) is 18.5 Å². The second-order valence-corrected chi connectivity index (χ2v) is 5.91. The van der Waals surface area contributed by atoms with Crippen LogP contribution < -0.4 is 5.32 Å². The highest BCUT2D eigenvalue weighted by Gasteiger charge is 2.24. The Labute approximate surface area is 121 Å². The van der Waals surface area contributed by atoms with E-state index in [0.29, 0.717) is 14.4 Å². The van der Waals surface area contributed by atoms with E-state index < -0.39 is 17.7 Å². The van der Waals surface area contributed by atoms with Gasteiger partial charge in [0, 0.05) is 14.9 Å². The molecule has 1 aromatic heterocycles. The minimum atomic E-state index is -0.606. The molecule has 96 valence electrons. The second kappa shape index (κ2) is 5.65. The van der Waals surface area contributed by atoms with Crippen molar-refractivity contribution in [3.63, 3.8) is 0 Å². The Morgan fingerprint density at radius 3 is 2.39 bits per heavy atom. The van der Waals surface area contributed by atoms with Gasteiger partial charge in [0.1, 0.15) is 11.6 Å². The van der Waals surface area contributed by atoms with Gasteiger partial charge in [0.2, 0.25) is 0 Å². The largest absolute Gasteiger partial charge is 0.308 e. The summed E-state index contributed by atoms with van der Waals surface area (Å²) in [5, 5.41) is 5.18. The Morgan fingerprint density at radius 2 is 1.94 bits per heavy atom. The Morgan fingerprint density at radius 1 is 1.33 bits per heavy atom. The van der Waals surface area contributed by atoms with E-state index in [4.69, 9.17) is 11.6 Å². The number of benzene rings is 1. The maximum absolute atomic E-state index is 13.9. The number of halogens is 4. The summed E-state index contributed by atoms with van der Waals surface area (Å²) < 4.78 is 28.2. The van der Waals surface area contributed by atoms with Gasteiger partial charge in [0.25, 0.3) is 0 Å². The Bertz CT molecular complexity index is 550. The van der Waals surface area contributed by atoms with Crippen LogP contribution in [0.15, 0.2) is 28.1 Å². The first-order valence-corrected chi connectivity index (χ1v) is 7.14. The molecule has 0 saturated carbocycles. The van der Waals surface area contributed by atoms with Gasteiger partial charge in [-0.05, 0) is 30.6 Å². The molecule has 0 aliphatic heterocycles. The lowest BCUT2D eigenvalue weighted by molar-refractivity contribution is 0.523. The summed E-state index contributed by atoms with van der Waals surface area (Å²) in [5.41, 5.74) is -0.0231. The van der Waals surface area contributed by atoms with Crippen molar-refractivity contribution in [3.05, 3.63) is 55.1 Å². The van der Waals surface area contributed by atoms with E-state index in [2.05, 4.69) is 21.2 Å². The van der Waals surface area contributed by atoms with Crippen LogP contribution in [0.4, 0.5) is 8.78 Å². The highest BCUT2D eigenvalue weighted by molar-refractivity contribution is 9.10. The molecule has 1 N–H and O–H groups in total. The van der Waals surface area contributed by atoms with Gasteiger partial charge in [0.15, 0.2) is 0 Å². The maximum atomic E-state index is 13.9. The van der Waals surface area contributed by atoms with Gasteiger partial charge in [-0.1, -0.05) is 27.5 Å². The zero-order valence-corrected chi connectivity index (χ0v) is 12.5. The van der Waals surface area contributed by atoms with E-state index >= 15 is 0 Å². The van der Waals surface area contributed by atoms with Crippen LogP contribution in [0.25, 0.3) is 0 Å². The average Bonchev–Trinajstić information content (AvgIpc) is 2.69. The normalized spacial score (nSPS) is 12.7. The van der Waals surface area contributed by atoms with Gasteiger partial charge in [-0.25, -0.2) is 8.78 Å². The SMILES string of the molecule is CNC(c1sccc1Cl)c1c(F)cc(Br)cc1F. The molecule has 0 fully saturated rings. The van der Waals surface area contributed by atoms with Crippen LogP contribution in [0, 0.1) is 11.6 Å². The van der Waals surface area contributed by atoms with Gasteiger partial charge in [-0.2, -0.15) is 0 Å². The first-order valence-electron chi connectivity index (χ1n) is 5.09. The predicted octanol–water partition coefficient (Wildman–Crippen LogP) is 4.75. The highest BCUT2D eigenvalue weighted by Crippen LogP contribution is 2.35. The molecule has 0 bridgehead atoms. The van der Waals surface area contributed by atoms with Crippen LogP contribution in [0.1, 0.15) is 16.5 Å². The van der Waals surface area contributed by atoms with Crippen molar-refractivity contribution in [2.24, 2.45) is 0 Å². The zero-order chi connectivity index (χ0) is 13.3. The number of nitrogens with one attached hydrogen (secondary N) is 1. The molecule has 2 aromatic rings. The highest BCUT2D eigenvalue weighted by atomic mass is 79.9. The fourth-order valence-electron chi connectivity index (χ4n) is 1.75. The third kappa shape index (κ3) is 2.59. The van der Waals surface area contributed by atoms with Crippen molar-refractivity contribution in [1.29, 1.82) is 0 Å². The van der Waals surface area contributed by atoms with Gasteiger partial charge >= 0.3 is 0 Å². The van der Waals surface area contributed by atoms with E-state index in [9.17, 15) is 8.78 Å². The molecule has 0 spiro atoms. The van der Waals surface area contributed by atoms with Crippen LogP contribution in [0.2, 0.25) is 5.02 Å². The summed E-state index contributed by atoms with van der Waals surface area (Å²) in [6, 6.07) is 3.60. The molecule has 0 saturated heterocycles. The smallest absolute Gasteiger partial charge is 0.132 e. The van der Waals surface area contributed by atoms with Crippen LogP contribution >= 0.6 is 38.9 Å². The van der Waals surface area contributed by atoms with Crippen LogP contribution in [-0.2, 0) is 0 Å². The first-order chi connectivity index (χ1) is 8.54. The minimum Gasteiger partial charge on any atom is -0.308 e. The molecule has 1 aromatic carbocycles. The van der Waals surface area contributed by atoms with Gasteiger partial charge in [-0.3, -0.25) is 0 Å². The molecule has 0 aliphatic carbocycles. The van der Waals surface area contributed by atoms with Crippen LogP contribution in [-0.4, -0.2) is 7.05 Å². The number of hydrogen-bond acceptors (Lipinski definition) is 2. The molecular weight excluding hydrogens is 344 g/mol. The summed E-state index contributed by atoms with van der Waals surface area (Å²) >= 11 is 10.4. The average molecular weight is 353 g/mol. The second-order valence-electron chi connectivity index (χ2n) is 3.64. The van der Waals surface area contributed by atoms with Gasteiger partial charge in [-0.15, -0.1) is 11.3 Å². The van der Waals surface area contributed by atoms with E-state index in [1.165, 1.54) is 23.5 Å². The van der Waals surface area contributed by atoms with Crippen molar-refractivity contribution in [2.75, 3.05) is 7.05 Å². The number of rotatable bonds is 3. The fraction of sp³-hybridized carbons (Fsp3) is 0.167. The molecule has 2 rings (SSSR count). The molecule has 0 aliphatic rings. The number of hydrogen-bond donors (Lipinski definition) is 1. The zero-order valence-electron chi connectivity index (χ0n) is 9.31. The molecule has 1 atom stereocenters. The van der Waals surface area contributed by atoms with Gasteiger partial charge < -0.3 is 5.32 Å². The molecule has 0 amide bonds. The van der Waals surface area contributed by atoms with Gasteiger partial charge in [0.05, 0.1) is 11.1 Å². The third-order valence-electron chi connectivity index (χ3n) is 2.53. The molecule has 1 nitrogen and oxygen atoms in total. The maximum Gasteiger partial charge on any atom is 0.132 e. The van der Waals surface area contributed by atoms with E-state index in [-0.39, 0.29) is 5.56 Å². The number of thiophene rings is 1. The fourth-order valence-corrected chi connectivity index (χ4v) is 3.43. The monoisotopic (exact) mass is 351 g/mol. The molecule has 18 heavy (non-hydrogen) atoms. The summed E-state index contributed by atoms with van der Waals surface area (Å²) in [7, 11) is 1.64. The topological polar surface area (TPSA) is 12.0 Å². The van der Waals surface area contributed by atoms with Crippen molar-refractivity contribution in [3.8, 4) is 0 Å². The summed E-state index contributed by atoms with van der Waals surface area (Å²) in [6.07, 6.45) is 0. The quantitative estimate of drug-likeness (QED) is 0.840. The standard InChI is InChI=1S/C12H9BrClF2NS/c1-17-11(12-7(14)2-3-18-12)10-8(15)4-6(13)5-9(10)16/h2-5,11,17H,1H3. The van der Waals surface area contributed by atoms with Crippen molar-refractivity contribution < 1.29 is 8.78 Å². The van der Waals surface area contributed by atoms with Crippen molar-refractivity contribution in [2.45, 2.75) is 6.04 Å². The lowest BCUT2D eigenvalue weighted by Crippen LogP contribution is -2.19. The summed E-state index contributed by atoms with van der Waals surface area (Å²) in [6.45, 7) is 0. The van der Waals surface area contributed by atoms with E-state index in [1.807, 2.05) is 0 Å². The summed E-state index contributed by atoms with van der Waals surface area (Å²) in [4.78, 5) is 0.694. The lowest BCUT2D eigenvalue weighted by atomic mass is 10.0. The van der Waals surface area contributed by atoms with Crippen LogP contribution in [0.3, 0.4) is 0 Å².